The molecule has 9 nitrogen and oxygen atoms in total. The van der Waals surface area contributed by atoms with Gasteiger partial charge in [0.25, 0.3) is 0 Å². The van der Waals surface area contributed by atoms with Crippen LogP contribution in [0.3, 0.4) is 0 Å². The topological polar surface area (TPSA) is 74.3 Å². The first-order valence-electron chi connectivity index (χ1n) is 14.3. The molecule has 0 spiro atoms. The minimum atomic E-state index is -0.0301. The fourth-order valence-electron chi connectivity index (χ4n) is 5.89. The van der Waals surface area contributed by atoms with Crippen molar-refractivity contribution in [3.05, 3.63) is 65.3 Å². The molecule has 0 unspecified atom stereocenters. The predicted molar refractivity (Wildman–Crippen MR) is 162 cm³/mol. The maximum absolute atomic E-state index is 12.2. The van der Waals surface area contributed by atoms with Gasteiger partial charge in [-0.25, -0.2) is 0 Å². The van der Waals surface area contributed by atoms with Gasteiger partial charge in [-0.2, -0.15) is 9.97 Å². The van der Waals surface area contributed by atoms with Crippen LogP contribution in [0.1, 0.15) is 18.2 Å². The van der Waals surface area contributed by atoms with E-state index in [9.17, 15) is 4.79 Å². The molecule has 2 fully saturated rings. The van der Waals surface area contributed by atoms with Crippen molar-refractivity contribution in [2.75, 3.05) is 75.9 Å². The molecule has 6 rings (SSSR count). The summed E-state index contributed by atoms with van der Waals surface area (Å²) < 4.78 is 11.6. The molecule has 1 aromatic heterocycles. The highest BCUT2D eigenvalue weighted by atomic mass is 35.5. The summed E-state index contributed by atoms with van der Waals surface area (Å²) >= 11 is 6.68. The van der Waals surface area contributed by atoms with E-state index in [-0.39, 0.29) is 11.4 Å². The van der Waals surface area contributed by atoms with Gasteiger partial charge in [-0.05, 0) is 44.0 Å². The second-order valence-corrected chi connectivity index (χ2v) is 11.7. The average molecular weight is 577 g/mol. The summed E-state index contributed by atoms with van der Waals surface area (Å²) in [6.45, 7) is 12.7. The summed E-state index contributed by atoms with van der Waals surface area (Å²) in [6.07, 6.45) is 2.19. The smallest absolute Gasteiger partial charge is 0.318 e. The maximum atomic E-state index is 12.2. The van der Waals surface area contributed by atoms with Crippen LogP contribution in [-0.2, 0) is 22.5 Å². The number of halogens is 1. The van der Waals surface area contributed by atoms with Crippen molar-refractivity contribution in [3.8, 4) is 6.01 Å². The fourth-order valence-corrected chi connectivity index (χ4v) is 6.17. The number of anilines is 2. The SMILES string of the molecule is C=CC(=O)N1CCN(c2nc(OCCN(C)C3(C)COC3)nc3c2CCN(c2cccc4cccc(Cl)c24)C3)CC1. The van der Waals surface area contributed by atoms with Crippen LogP contribution in [0.2, 0.25) is 5.02 Å². The first-order valence-corrected chi connectivity index (χ1v) is 14.6. The fraction of sp³-hybridized carbons (Fsp3) is 0.452. The molecule has 0 N–H and O–H groups in total. The number of amides is 1. The van der Waals surface area contributed by atoms with Crippen LogP contribution < -0.4 is 14.5 Å². The Balaban J connectivity index is 1.27. The van der Waals surface area contributed by atoms with Crippen LogP contribution in [0.5, 0.6) is 6.01 Å². The highest BCUT2D eigenvalue weighted by Crippen LogP contribution is 2.37. The van der Waals surface area contributed by atoms with Gasteiger partial charge >= 0.3 is 6.01 Å². The Morgan fingerprint density at radius 1 is 1.12 bits per heavy atom. The number of ether oxygens (including phenoxy) is 2. The molecule has 41 heavy (non-hydrogen) atoms. The summed E-state index contributed by atoms with van der Waals surface area (Å²) in [5, 5.41) is 2.93. The summed E-state index contributed by atoms with van der Waals surface area (Å²) in [6, 6.07) is 12.7. The molecule has 2 saturated heterocycles. The number of hydrogen-bond acceptors (Lipinski definition) is 8. The number of carbonyl (C=O) groups excluding carboxylic acids is 1. The van der Waals surface area contributed by atoms with Gasteiger partial charge in [0.2, 0.25) is 5.91 Å². The minimum absolute atomic E-state index is 0.0301. The van der Waals surface area contributed by atoms with Crippen molar-refractivity contribution in [2.45, 2.75) is 25.4 Å². The summed E-state index contributed by atoms with van der Waals surface area (Å²) in [7, 11) is 2.10. The first-order chi connectivity index (χ1) is 19.9. The lowest BCUT2D eigenvalue weighted by molar-refractivity contribution is -0.126. The third-order valence-electron chi connectivity index (χ3n) is 8.67. The van der Waals surface area contributed by atoms with E-state index in [2.05, 4.69) is 59.5 Å². The van der Waals surface area contributed by atoms with E-state index in [0.29, 0.717) is 45.3 Å². The second-order valence-electron chi connectivity index (χ2n) is 11.3. The lowest BCUT2D eigenvalue weighted by Crippen LogP contribution is -2.59. The highest BCUT2D eigenvalue weighted by molar-refractivity contribution is 6.36. The minimum Gasteiger partial charge on any atom is -0.462 e. The van der Waals surface area contributed by atoms with Gasteiger partial charge in [0, 0.05) is 55.9 Å². The average Bonchev–Trinajstić information content (AvgIpc) is 2.98. The van der Waals surface area contributed by atoms with Gasteiger partial charge < -0.3 is 24.2 Å². The number of benzene rings is 2. The molecule has 3 aromatic rings. The number of likely N-dealkylation sites (N-methyl/N-ethyl adjacent to an activating group) is 1. The summed E-state index contributed by atoms with van der Waals surface area (Å²) in [4.78, 5) is 30.8. The number of hydrogen-bond donors (Lipinski definition) is 0. The molecule has 4 heterocycles. The first kappa shape index (κ1) is 27.8. The van der Waals surface area contributed by atoms with Gasteiger partial charge in [-0.1, -0.05) is 42.4 Å². The number of nitrogens with zero attached hydrogens (tertiary/aromatic N) is 6. The van der Waals surface area contributed by atoms with E-state index in [1.807, 2.05) is 17.0 Å². The zero-order valence-corrected chi connectivity index (χ0v) is 24.6. The molecule has 0 atom stereocenters. The quantitative estimate of drug-likeness (QED) is 0.375. The number of carbonyl (C=O) groups is 1. The zero-order chi connectivity index (χ0) is 28.6. The van der Waals surface area contributed by atoms with Crippen molar-refractivity contribution in [2.24, 2.45) is 0 Å². The Kier molecular flexibility index (Phi) is 7.76. The van der Waals surface area contributed by atoms with Crippen molar-refractivity contribution >= 4 is 39.8 Å². The Morgan fingerprint density at radius 2 is 1.88 bits per heavy atom. The van der Waals surface area contributed by atoms with Gasteiger partial charge in [-0.3, -0.25) is 9.69 Å². The standard InChI is InChI=1S/C31H37ClN6O3/c1-4-27(39)36-13-15-37(16-14-36)29-23-11-12-38(26-10-6-8-22-7-5-9-24(32)28(22)26)19-25(23)33-30(34-29)41-18-17-35(3)31(2)20-40-21-31/h4-10H,1,11-21H2,2-3H3. The van der Waals surface area contributed by atoms with Gasteiger partial charge in [-0.15, -0.1) is 0 Å². The number of fused-ring (bicyclic) bond motifs is 2. The molecule has 3 aliphatic heterocycles. The van der Waals surface area contributed by atoms with Crippen LogP contribution >= 0.6 is 11.6 Å². The molecule has 0 bridgehead atoms. The molecule has 0 radical (unpaired) electrons. The van der Waals surface area contributed by atoms with E-state index in [0.717, 1.165) is 71.3 Å². The van der Waals surface area contributed by atoms with Crippen LogP contribution in [0.25, 0.3) is 10.8 Å². The van der Waals surface area contributed by atoms with Crippen molar-refractivity contribution in [3.63, 3.8) is 0 Å². The predicted octanol–water partition coefficient (Wildman–Crippen LogP) is 3.78. The Labute approximate surface area is 246 Å². The monoisotopic (exact) mass is 576 g/mol. The number of piperazine rings is 1. The molecule has 3 aliphatic rings. The van der Waals surface area contributed by atoms with Crippen molar-refractivity contribution < 1.29 is 14.3 Å². The van der Waals surface area contributed by atoms with Crippen molar-refractivity contribution in [1.82, 2.24) is 19.8 Å². The van der Waals surface area contributed by atoms with Crippen molar-refractivity contribution in [1.29, 1.82) is 0 Å². The molecule has 10 heteroatoms. The molecule has 0 saturated carbocycles. The normalized spacial score (nSPS) is 18.3. The zero-order valence-electron chi connectivity index (χ0n) is 23.8. The van der Waals surface area contributed by atoms with Gasteiger partial charge in [0.1, 0.15) is 12.4 Å². The Morgan fingerprint density at radius 3 is 2.59 bits per heavy atom. The second kappa shape index (κ2) is 11.5. The molecule has 0 aliphatic carbocycles. The Bertz CT molecular complexity index is 1450. The van der Waals surface area contributed by atoms with Gasteiger partial charge in [0.15, 0.2) is 0 Å². The van der Waals surface area contributed by atoms with E-state index in [1.165, 1.54) is 6.08 Å². The maximum Gasteiger partial charge on any atom is 0.318 e. The summed E-state index contributed by atoms with van der Waals surface area (Å²) in [5.41, 5.74) is 3.28. The lowest BCUT2D eigenvalue weighted by atomic mass is 9.99. The third-order valence-corrected chi connectivity index (χ3v) is 8.98. The summed E-state index contributed by atoms with van der Waals surface area (Å²) in [5.74, 6) is 0.886. The molecular weight excluding hydrogens is 540 g/mol. The van der Waals surface area contributed by atoms with E-state index in [1.54, 1.807) is 0 Å². The molecule has 216 valence electrons. The van der Waals surface area contributed by atoms with Crippen LogP contribution in [0, 0.1) is 0 Å². The Hall–Kier alpha value is -3.40. The van der Waals surface area contributed by atoms with E-state index in [4.69, 9.17) is 31.0 Å². The largest absolute Gasteiger partial charge is 0.462 e. The lowest BCUT2D eigenvalue weighted by Gasteiger charge is -2.45. The number of rotatable bonds is 8. The molecule has 1 amide bonds. The van der Waals surface area contributed by atoms with Crippen LogP contribution in [-0.4, -0.2) is 97.4 Å². The van der Waals surface area contributed by atoms with E-state index < -0.39 is 0 Å². The molecule has 2 aromatic carbocycles. The molecular formula is C31H37ClN6O3. The van der Waals surface area contributed by atoms with Crippen LogP contribution in [0.15, 0.2) is 49.1 Å². The van der Waals surface area contributed by atoms with Gasteiger partial charge in [0.05, 0.1) is 36.0 Å². The third kappa shape index (κ3) is 5.46. The van der Waals surface area contributed by atoms with Crippen LogP contribution in [0.4, 0.5) is 11.5 Å². The highest BCUT2D eigenvalue weighted by Gasteiger charge is 2.37. The van der Waals surface area contributed by atoms with E-state index >= 15 is 0 Å². The number of aromatic nitrogens is 2.